The summed E-state index contributed by atoms with van der Waals surface area (Å²) in [6, 6.07) is 12.7. The minimum Gasteiger partial charge on any atom is -0.483 e. The van der Waals surface area contributed by atoms with Gasteiger partial charge in [-0.05, 0) is 66.0 Å². The summed E-state index contributed by atoms with van der Waals surface area (Å²) in [6.45, 7) is 5.69. The van der Waals surface area contributed by atoms with Crippen molar-refractivity contribution >= 4 is 33.4 Å². The number of aryl methyl sites for hydroxylation is 1. The maximum atomic E-state index is 12.2. The average Bonchev–Trinajstić information content (AvgIpc) is 2.60. The van der Waals surface area contributed by atoms with Crippen molar-refractivity contribution in [2.24, 2.45) is 0 Å². The van der Waals surface area contributed by atoms with Gasteiger partial charge in [-0.3, -0.25) is 9.59 Å². The molecule has 2 rings (SSSR count). The Morgan fingerprint density at radius 3 is 2.54 bits per heavy atom. The molecule has 0 aliphatic carbocycles. The lowest BCUT2D eigenvalue weighted by Gasteiger charge is -2.14. The molecule has 0 aliphatic rings. The van der Waals surface area contributed by atoms with Crippen molar-refractivity contribution < 1.29 is 14.3 Å². The fourth-order valence-electron chi connectivity index (χ4n) is 2.34. The third kappa shape index (κ3) is 5.59. The zero-order valence-corrected chi connectivity index (χ0v) is 16.7. The Labute approximate surface area is 162 Å². The molecule has 0 aliphatic heterocycles. The highest BCUT2D eigenvalue weighted by atomic mass is 79.9. The van der Waals surface area contributed by atoms with Crippen molar-refractivity contribution in [3.63, 3.8) is 0 Å². The molecule has 5 nitrogen and oxygen atoms in total. The topological polar surface area (TPSA) is 67.4 Å². The van der Waals surface area contributed by atoms with Crippen molar-refractivity contribution in [2.45, 2.75) is 33.2 Å². The van der Waals surface area contributed by atoms with Crippen LogP contribution in [0.15, 0.2) is 46.9 Å². The molecule has 0 spiro atoms. The molecule has 2 aromatic rings. The number of anilines is 1. The summed E-state index contributed by atoms with van der Waals surface area (Å²) in [4.78, 5) is 24.5. The van der Waals surface area contributed by atoms with Crippen LogP contribution in [0.5, 0.6) is 5.75 Å². The first-order valence-corrected chi connectivity index (χ1v) is 9.31. The van der Waals surface area contributed by atoms with Gasteiger partial charge in [-0.1, -0.05) is 25.1 Å². The number of amides is 2. The standard InChI is InChI=1S/C20H23BrN2O3/c1-4-14-9-10-18(16(21)11-14)26-12-19(24)23-17-8-6-5-7-15(17)20(25)22-13(2)3/h5-11,13H,4,12H2,1-3H3,(H,22,25)(H,23,24). The van der Waals surface area contributed by atoms with Crippen LogP contribution in [0.2, 0.25) is 0 Å². The fourth-order valence-corrected chi connectivity index (χ4v) is 2.88. The Hall–Kier alpha value is -2.34. The number of ether oxygens (including phenoxy) is 1. The number of hydrogen-bond acceptors (Lipinski definition) is 3. The highest BCUT2D eigenvalue weighted by molar-refractivity contribution is 9.10. The maximum Gasteiger partial charge on any atom is 0.262 e. The Morgan fingerprint density at radius 2 is 1.88 bits per heavy atom. The Bertz CT molecular complexity index is 790. The summed E-state index contributed by atoms with van der Waals surface area (Å²) in [7, 11) is 0. The SMILES string of the molecule is CCc1ccc(OCC(=O)Nc2ccccc2C(=O)NC(C)C)c(Br)c1. The number of halogens is 1. The van der Waals surface area contributed by atoms with E-state index < -0.39 is 0 Å². The quantitative estimate of drug-likeness (QED) is 0.708. The van der Waals surface area contributed by atoms with Gasteiger partial charge in [0.25, 0.3) is 11.8 Å². The molecule has 6 heteroatoms. The lowest BCUT2D eigenvalue weighted by Crippen LogP contribution is -2.31. The van der Waals surface area contributed by atoms with Crippen molar-refractivity contribution in [2.75, 3.05) is 11.9 Å². The van der Waals surface area contributed by atoms with E-state index in [1.165, 1.54) is 5.56 Å². The monoisotopic (exact) mass is 418 g/mol. The molecule has 0 saturated carbocycles. The second-order valence-electron chi connectivity index (χ2n) is 6.13. The molecule has 26 heavy (non-hydrogen) atoms. The third-order valence-electron chi connectivity index (χ3n) is 3.63. The minimum atomic E-state index is -0.332. The van der Waals surface area contributed by atoms with E-state index in [4.69, 9.17) is 4.74 Å². The third-order valence-corrected chi connectivity index (χ3v) is 4.25. The largest absolute Gasteiger partial charge is 0.483 e. The van der Waals surface area contributed by atoms with Crippen LogP contribution in [0.4, 0.5) is 5.69 Å². The second-order valence-corrected chi connectivity index (χ2v) is 6.98. The molecule has 0 saturated heterocycles. The molecule has 0 unspecified atom stereocenters. The van der Waals surface area contributed by atoms with E-state index in [9.17, 15) is 9.59 Å². The van der Waals surface area contributed by atoms with E-state index in [2.05, 4.69) is 33.5 Å². The van der Waals surface area contributed by atoms with Crippen molar-refractivity contribution in [1.29, 1.82) is 0 Å². The zero-order chi connectivity index (χ0) is 19.1. The molecule has 2 aromatic carbocycles. The lowest BCUT2D eigenvalue weighted by atomic mass is 10.1. The lowest BCUT2D eigenvalue weighted by molar-refractivity contribution is -0.118. The molecule has 0 bridgehead atoms. The number of benzene rings is 2. The van der Waals surface area contributed by atoms with Crippen molar-refractivity contribution in [1.82, 2.24) is 5.32 Å². The number of carbonyl (C=O) groups excluding carboxylic acids is 2. The number of hydrogen-bond donors (Lipinski definition) is 2. The van der Waals surface area contributed by atoms with Crippen LogP contribution >= 0.6 is 15.9 Å². The molecule has 2 amide bonds. The highest BCUT2D eigenvalue weighted by Gasteiger charge is 2.14. The van der Waals surface area contributed by atoms with Crippen LogP contribution in [0.3, 0.4) is 0 Å². The summed E-state index contributed by atoms with van der Waals surface area (Å²) in [5.41, 5.74) is 2.06. The van der Waals surface area contributed by atoms with Gasteiger partial charge >= 0.3 is 0 Å². The first-order chi connectivity index (χ1) is 12.4. The van der Waals surface area contributed by atoms with Gasteiger partial charge in [0.15, 0.2) is 6.61 Å². The van der Waals surface area contributed by atoms with Crippen LogP contribution in [0.1, 0.15) is 36.7 Å². The normalized spacial score (nSPS) is 10.5. The van der Waals surface area contributed by atoms with Gasteiger partial charge in [-0.2, -0.15) is 0 Å². The first-order valence-electron chi connectivity index (χ1n) is 8.51. The molecule has 138 valence electrons. The molecule has 0 radical (unpaired) electrons. The molecular weight excluding hydrogens is 396 g/mol. The Morgan fingerprint density at radius 1 is 1.15 bits per heavy atom. The summed E-state index contributed by atoms with van der Waals surface area (Å²) in [5.74, 6) is 0.0409. The smallest absolute Gasteiger partial charge is 0.262 e. The van der Waals surface area contributed by atoms with Crippen LogP contribution in [0.25, 0.3) is 0 Å². The van der Waals surface area contributed by atoms with Crippen LogP contribution in [-0.4, -0.2) is 24.5 Å². The Balaban J connectivity index is 2.01. The first kappa shape index (κ1) is 20.0. The minimum absolute atomic E-state index is 0.0121. The molecule has 0 heterocycles. The summed E-state index contributed by atoms with van der Waals surface area (Å²) in [5, 5.41) is 5.56. The van der Waals surface area contributed by atoms with Gasteiger partial charge in [0.05, 0.1) is 15.7 Å². The molecule has 2 N–H and O–H groups in total. The highest BCUT2D eigenvalue weighted by Crippen LogP contribution is 2.26. The van der Waals surface area contributed by atoms with E-state index in [0.29, 0.717) is 17.0 Å². The summed E-state index contributed by atoms with van der Waals surface area (Å²) < 4.78 is 6.38. The van der Waals surface area contributed by atoms with Gasteiger partial charge in [0.2, 0.25) is 0 Å². The second kappa shape index (κ2) is 9.38. The van der Waals surface area contributed by atoms with E-state index >= 15 is 0 Å². The summed E-state index contributed by atoms with van der Waals surface area (Å²) >= 11 is 3.45. The van der Waals surface area contributed by atoms with Crippen molar-refractivity contribution in [3.8, 4) is 5.75 Å². The van der Waals surface area contributed by atoms with E-state index in [-0.39, 0.29) is 24.5 Å². The van der Waals surface area contributed by atoms with Gasteiger partial charge < -0.3 is 15.4 Å². The van der Waals surface area contributed by atoms with E-state index in [1.807, 2.05) is 32.0 Å². The van der Waals surface area contributed by atoms with Gasteiger partial charge in [0, 0.05) is 6.04 Å². The van der Waals surface area contributed by atoms with E-state index in [1.54, 1.807) is 24.3 Å². The molecule has 0 atom stereocenters. The Kier molecular flexibility index (Phi) is 7.21. The predicted octanol–water partition coefficient (Wildman–Crippen LogP) is 4.17. The molecule has 0 aromatic heterocycles. The number of carbonyl (C=O) groups is 2. The maximum absolute atomic E-state index is 12.2. The van der Waals surface area contributed by atoms with Crippen LogP contribution in [-0.2, 0) is 11.2 Å². The molecular formula is C20H23BrN2O3. The van der Waals surface area contributed by atoms with E-state index in [0.717, 1.165) is 10.9 Å². The number of nitrogens with one attached hydrogen (secondary N) is 2. The van der Waals surface area contributed by atoms with Gasteiger partial charge in [-0.15, -0.1) is 0 Å². The predicted molar refractivity (Wildman–Crippen MR) is 107 cm³/mol. The van der Waals surface area contributed by atoms with Crippen LogP contribution in [0, 0.1) is 0 Å². The number of rotatable bonds is 7. The van der Waals surface area contributed by atoms with Crippen molar-refractivity contribution in [3.05, 3.63) is 58.1 Å². The fraction of sp³-hybridized carbons (Fsp3) is 0.300. The number of para-hydroxylation sites is 1. The van der Waals surface area contributed by atoms with Gasteiger partial charge in [0.1, 0.15) is 5.75 Å². The average molecular weight is 419 g/mol. The van der Waals surface area contributed by atoms with Crippen LogP contribution < -0.4 is 15.4 Å². The summed E-state index contributed by atoms with van der Waals surface area (Å²) in [6.07, 6.45) is 0.925. The van der Waals surface area contributed by atoms with Gasteiger partial charge in [-0.25, -0.2) is 0 Å². The molecule has 0 fully saturated rings. The zero-order valence-electron chi connectivity index (χ0n) is 15.1.